The Bertz CT molecular complexity index is 874. The number of aryl methyl sites for hydroxylation is 1. The molecule has 1 heterocycles. The molecule has 0 aliphatic rings. The Balaban J connectivity index is 1.52. The lowest BCUT2D eigenvalue weighted by Gasteiger charge is -2.11. The summed E-state index contributed by atoms with van der Waals surface area (Å²) in [6.45, 7) is 2.05. The predicted molar refractivity (Wildman–Crippen MR) is 96.2 cm³/mol. The first-order valence-corrected chi connectivity index (χ1v) is 7.73. The van der Waals surface area contributed by atoms with Gasteiger partial charge in [0.15, 0.2) is 5.11 Å². The molecule has 0 atom stereocenters. The van der Waals surface area contributed by atoms with E-state index in [4.69, 9.17) is 12.2 Å². The van der Waals surface area contributed by atoms with Crippen LogP contribution in [0.1, 0.15) is 5.56 Å². The topological polar surface area (TPSA) is 83.9 Å². The minimum Gasteiger partial charge on any atom is -0.331 e. The van der Waals surface area contributed by atoms with Crippen molar-refractivity contribution in [3.8, 4) is 0 Å². The second-order valence-corrected chi connectivity index (χ2v) is 5.64. The molecule has 122 valence electrons. The van der Waals surface area contributed by atoms with E-state index in [2.05, 4.69) is 26.5 Å². The van der Waals surface area contributed by atoms with Gasteiger partial charge >= 0.3 is 0 Å². The first kappa shape index (κ1) is 15.9. The maximum absolute atomic E-state index is 12.0. The van der Waals surface area contributed by atoms with Crippen LogP contribution in [0, 0.1) is 6.92 Å². The Morgan fingerprint density at radius 2 is 1.88 bits per heavy atom. The molecule has 0 aliphatic heterocycles. The van der Waals surface area contributed by atoms with Gasteiger partial charge in [-0.15, -0.1) is 5.10 Å². The molecule has 0 saturated heterocycles. The number of nitrogens with zero attached hydrogens (tertiary/aromatic N) is 3. The maximum Gasteiger partial charge on any atom is 0.260 e. The summed E-state index contributed by atoms with van der Waals surface area (Å²) >= 11 is 5.14. The highest BCUT2D eigenvalue weighted by atomic mass is 32.1. The number of hydrogen-bond donors (Lipinski definition) is 3. The fourth-order valence-electron chi connectivity index (χ4n) is 2.14. The summed E-state index contributed by atoms with van der Waals surface area (Å²) in [5.74, 6) is -0.279. The first-order chi connectivity index (χ1) is 11.6. The molecular weight excluding hydrogens is 324 g/mol. The lowest BCUT2D eigenvalue weighted by Crippen LogP contribution is -2.45. The SMILES string of the molecule is Cc1ccc(NC(=S)NNC(=O)Cn2nnc3ccccc32)cc1. The molecule has 0 fully saturated rings. The standard InChI is InChI=1S/C16H16N6OS/c1-11-6-8-12(9-7-11)17-16(24)20-19-15(23)10-22-14-5-3-2-4-13(14)18-21-22/h2-9H,10H2,1H3,(H,19,23)(H2,17,20,24). The third-order valence-corrected chi connectivity index (χ3v) is 3.54. The minimum absolute atomic E-state index is 0.0423. The molecule has 1 aromatic heterocycles. The van der Waals surface area contributed by atoms with Crippen LogP contribution in [0.5, 0.6) is 0 Å². The van der Waals surface area contributed by atoms with Crippen LogP contribution in [-0.2, 0) is 11.3 Å². The molecule has 0 aliphatic carbocycles. The number of hydrogen-bond acceptors (Lipinski definition) is 4. The van der Waals surface area contributed by atoms with E-state index in [1.807, 2.05) is 55.5 Å². The van der Waals surface area contributed by atoms with E-state index in [9.17, 15) is 4.79 Å². The Labute approximate surface area is 144 Å². The summed E-state index contributed by atoms with van der Waals surface area (Å²) in [6, 6.07) is 15.2. The number of carbonyl (C=O) groups excluding carboxylic acids is 1. The first-order valence-electron chi connectivity index (χ1n) is 7.32. The molecule has 2 aromatic carbocycles. The van der Waals surface area contributed by atoms with E-state index in [1.165, 1.54) is 4.68 Å². The number of aromatic nitrogens is 3. The molecule has 0 bridgehead atoms. The number of rotatable bonds is 3. The summed E-state index contributed by atoms with van der Waals surface area (Å²) in [5.41, 5.74) is 8.75. The van der Waals surface area contributed by atoms with E-state index < -0.39 is 0 Å². The van der Waals surface area contributed by atoms with Gasteiger partial charge in [-0.2, -0.15) is 0 Å². The van der Waals surface area contributed by atoms with Gasteiger partial charge in [-0.25, -0.2) is 4.68 Å². The third-order valence-electron chi connectivity index (χ3n) is 3.34. The summed E-state index contributed by atoms with van der Waals surface area (Å²) in [5, 5.41) is 11.3. The van der Waals surface area contributed by atoms with Crippen molar-refractivity contribution in [2.75, 3.05) is 5.32 Å². The number of nitrogens with one attached hydrogen (secondary N) is 3. The molecule has 3 rings (SSSR count). The maximum atomic E-state index is 12.0. The number of amides is 1. The molecular formula is C16H16N6OS. The summed E-state index contributed by atoms with van der Waals surface area (Å²) in [4.78, 5) is 12.0. The van der Waals surface area contributed by atoms with Gasteiger partial charge in [-0.1, -0.05) is 35.0 Å². The molecule has 0 unspecified atom stereocenters. The van der Waals surface area contributed by atoms with Gasteiger partial charge in [-0.05, 0) is 43.4 Å². The van der Waals surface area contributed by atoms with Crippen LogP contribution in [0.3, 0.4) is 0 Å². The second-order valence-electron chi connectivity index (χ2n) is 5.23. The molecule has 24 heavy (non-hydrogen) atoms. The van der Waals surface area contributed by atoms with Gasteiger partial charge in [0, 0.05) is 5.69 Å². The van der Waals surface area contributed by atoms with E-state index in [0.717, 1.165) is 22.3 Å². The lowest BCUT2D eigenvalue weighted by atomic mass is 10.2. The number of para-hydroxylation sites is 1. The van der Waals surface area contributed by atoms with Crippen LogP contribution in [0.25, 0.3) is 11.0 Å². The highest BCUT2D eigenvalue weighted by Gasteiger charge is 2.08. The lowest BCUT2D eigenvalue weighted by molar-refractivity contribution is -0.122. The average molecular weight is 340 g/mol. The molecule has 1 amide bonds. The third kappa shape index (κ3) is 3.85. The van der Waals surface area contributed by atoms with Gasteiger partial charge < -0.3 is 5.32 Å². The largest absolute Gasteiger partial charge is 0.331 e. The van der Waals surface area contributed by atoms with Gasteiger partial charge in [0.25, 0.3) is 5.91 Å². The van der Waals surface area contributed by atoms with Crippen molar-refractivity contribution >= 4 is 40.0 Å². The molecule has 0 saturated carbocycles. The molecule has 7 nitrogen and oxygen atoms in total. The zero-order valence-electron chi connectivity index (χ0n) is 13.0. The average Bonchev–Trinajstić information content (AvgIpc) is 2.98. The highest BCUT2D eigenvalue weighted by molar-refractivity contribution is 7.80. The van der Waals surface area contributed by atoms with Crippen molar-refractivity contribution in [3.05, 3.63) is 54.1 Å². The van der Waals surface area contributed by atoms with Crippen molar-refractivity contribution < 1.29 is 4.79 Å². The Morgan fingerprint density at radius 1 is 1.12 bits per heavy atom. The molecule has 3 aromatic rings. The van der Waals surface area contributed by atoms with Crippen molar-refractivity contribution in [1.29, 1.82) is 0 Å². The van der Waals surface area contributed by atoms with E-state index in [-0.39, 0.29) is 12.5 Å². The van der Waals surface area contributed by atoms with Gasteiger partial charge in [-0.3, -0.25) is 15.6 Å². The van der Waals surface area contributed by atoms with Crippen LogP contribution in [0.2, 0.25) is 0 Å². The number of anilines is 1. The van der Waals surface area contributed by atoms with Gasteiger partial charge in [0.2, 0.25) is 0 Å². The van der Waals surface area contributed by atoms with Crippen molar-refractivity contribution in [1.82, 2.24) is 25.8 Å². The van der Waals surface area contributed by atoms with E-state index in [0.29, 0.717) is 5.11 Å². The van der Waals surface area contributed by atoms with Crippen molar-refractivity contribution in [2.24, 2.45) is 0 Å². The summed E-state index contributed by atoms with van der Waals surface area (Å²) in [7, 11) is 0. The zero-order chi connectivity index (χ0) is 16.9. The summed E-state index contributed by atoms with van der Waals surface area (Å²) in [6.07, 6.45) is 0. The van der Waals surface area contributed by atoms with Crippen LogP contribution < -0.4 is 16.2 Å². The molecule has 0 radical (unpaired) electrons. The minimum atomic E-state index is -0.279. The second kappa shape index (κ2) is 7.05. The Morgan fingerprint density at radius 3 is 2.67 bits per heavy atom. The van der Waals surface area contributed by atoms with Crippen LogP contribution in [0.4, 0.5) is 5.69 Å². The van der Waals surface area contributed by atoms with Crippen LogP contribution in [-0.4, -0.2) is 26.0 Å². The van der Waals surface area contributed by atoms with Crippen molar-refractivity contribution in [3.63, 3.8) is 0 Å². The fourth-order valence-corrected chi connectivity index (χ4v) is 2.30. The number of fused-ring (bicyclic) bond motifs is 1. The Hall–Kier alpha value is -3.00. The smallest absolute Gasteiger partial charge is 0.260 e. The van der Waals surface area contributed by atoms with Crippen LogP contribution >= 0.6 is 12.2 Å². The van der Waals surface area contributed by atoms with E-state index >= 15 is 0 Å². The zero-order valence-corrected chi connectivity index (χ0v) is 13.8. The van der Waals surface area contributed by atoms with Crippen molar-refractivity contribution in [2.45, 2.75) is 13.5 Å². The molecule has 8 heteroatoms. The molecule has 3 N–H and O–H groups in total. The highest BCUT2D eigenvalue weighted by Crippen LogP contribution is 2.09. The van der Waals surface area contributed by atoms with E-state index in [1.54, 1.807) is 0 Å². The number of benzene rings is 2. The fraction of sp³-hybridized carbons (Fsp3) is 0.125. The number of hydrazine groups is 1. The quantitative estimate of drug-likeness (QED) is 0.498. The predicted octanol–water partition coefficient (Wildman–Crippen LogP) is 1.76. The van der Waals surface area contributed by atoms with Crippen LogP contribution in [0.15, 0.2) is 48.5 Å². The normalized spacial score (nSPS) is 10.4. The van der Waals surface area contributed by atoms with Gasteiger partial charge in [0.05, 0.1) is 5.52 Å². The summed E-state index contributed by atoms with van der Waals surface area (Å²) < 4.78 is 1.53. The number of carbonyl (C=O) groups is 1. The number of thiocarbonyl (C=S) groups is 1. The molecule has 0 spiro atoms. The van der Waals surface area contributed by atoms with Gasteiger partial charge in [0.1, 0.15) is 12.1 Å². The Kier molecular flexibility index (Phi) is 4.66. The monoisotopic (exact) mass is 340 g/mol.